The zero-order valence-corrected chi connectivity index (χ0v) is 20.0. The van der Waals surface area contributed by atoms with Crippen molar-refractivity contribution in [1.82, 2.24) is 5.32 Å². The van der Waals surface area contributed by atoms with Gasteiger partial charge in [-0.2, -0.15) is 0 Å². The number of nitrogens with one attached hydrogen (secondary N) is 1. The highest BCUT2D eigenvalue weighted by Gasteiger charge is 2.08. The molecule has 0 fully saturated rings. The summed E-state index contributed by atoms with van der Waals surface area (Å²) >= 11 is 0. The summed E-state index contributed by atoms with van der Waals surface area (Å²) in [6, 6.07) is 0. The zero-order chi connectivity index (χ0) is 20.9. The molecule has 1 amide bonds. The fourth-order valence-electron chi connectivity index (χ4n) is 3.90. The van der Waals surface area contributed by atoms with Gasteiger partial charge in [0.2, 0.25) is 5.91 Å². The quantitative estimate of drug-likeness (QED) is 0.194. The monoisotopic (exact) mass is 395 g/mol. The lowest BCUT2D eigenvalue weighted by Crippen LogP contribution is -2.28. The maximum Gasteiger partial charge on any atom is 0.220 e. The van der Waals surface area contributed by atoms with Crippen LogP contribution in [-0.2, 0) is 4.79 Å². The van der Waals surface area contributed by atoms with Crippen molar-refractivity contribution in [2.24, 2.45) is 11.8 Å². The number of rotatable bonds is 21. The fraction of sp³-hybridized carbons (Fsp3) is 0.962. The van der Waals surface area contributed by atoms with Crippen molar-refractivity contribution in [1.29, 1.82) is 0 Å². The third-order valence-corrected chi connectivity index (χ3v) is 6.07. The molecule has 0 saturated heterocycles. The SMILES string of the molecule is CCCCC(CC)CNC(=O)CCCCCCCCCCCCCCC(C)C. The van der Waals surface area contributed by atoms with Gasteiger partial charge in [-0.3, -0.25) is 4.79 Å². The summed E-state index contributed by atoms with van der Waals surface area (Å²) in [6.45, 7) is 10.0. The van der Waals surface area contributed by atoms with E-state index in [2.05, 4.69) is 33.0 Å². The highest BCUT2D eigenvalue weighted by molar-refractivity contribution is 5.75. The van der Waals surface area contributed by atoms with E-state index in [1.807, 2.05) is 0 Å². The van der Waals surface area contributed by atoms with Crippen LogP contribution in [0.5, 0.6) is 0 Å². The van der Waals surface area contributed by atoms with Crippen molar-refractivity contribution in [2.75, 3.05) is 6.54 Å². The Morgan fingerprint density at radius 1 is 0.679 bits per heavy atom. The van der Waals surface area contributed by atoms with Gasteiger partial charge >= 0.3 is 0 Å². The molecule has 0 aliphatic rings. The zero-order valence-electron chi connectivity index (χ0n) is 20.0. The first-order valence-corrected chi connectivity index (χ1v) is 12.9. The molecule has 1 atom stereocenters. The van der Waals surface area contributed by atoms with Gasteiger partial charge in [0.05, 0.1) is 0 Å². The summed E-state index contributed by atoms with van der Waals surface area (Å²) in [5.41, 5.74) is 0. The van der Waals surface area contributed by atoms with E-state index in [-0.39, 0.29) is 5.91 Å². The van der Waals surface area contributed by atoms with Crippen LogP contribution in [0.1, 0.15) is 143 Å². The van der Waals surface area contributed by atoms with Gasteiger partial charge in [-0.25, -0.2) is 0 Å². The van der Waals surface area contributed by atoms with Crippen LogP contribution in [0.25, 0.3) is 0 Å². The molecule has 2 nitrogen and oxygen atoms in total. The van der Waals surface area contributed by atoms with Crippen molar-refractivity contribution >= 4 is 5.91 Å². The second-order valence-electron chi connectivity index (χ2n) is 9.40. The van der Waals surface area contributed by atoms with E-state index in [9.17, 15) is 4.79 Å². The van der Waals surface area contributed by atoms with E-state index in [1.165, 1.54) is 103 Å². The first-order valence-electron chi connectivity index (χ1n) is 12.9. The van der Waals surface area contributed by atoms with Crippen LogP contribution in [0.4, 0.5) is 0 Å². The number of hydrogen-bond acceptors (Lipinski definition) is 1. The van der Waals surface area contributed by atoms with Crippen molar-refractivity contribution in [2.45, 2.75) is 143 Å². The maximum absolute atomic E-state index is 12.0. The minimum Gasteiger partial charge on any atom is -0.356 e. The molecule has 168 valence electrons. The number of carbonyl (C=O) groups is 1. The van der Waals surface area contributed by atoms with Crippen LogP contribution in [0, 0.1) is 11.8 Å². The molecule has 0 heterocycles. The van der Waals surface area contributed by atoms with Crippen LogP contribution in [-0.4, -0.2) is 12.5 Å². The molecule has 28 heavy (non-hydrogen) atoms. The molecule has 1 N–H and O–H groups in total. The standard InChI is InChI=1S/C26H53NO/c1-5-7-21-25(6-2)23-27-26(28)22-19-17-15-13-11-9-8-10-12-14-16-18-20-24(3)4/h24-25H,5-23H2,1-4H3,(H,27,28). The smallest absolute Gasteiger partial charge is 0.220 e. The molecule has 1 unspecified atom stereocenters. The number of carbonyl (C=O) groups excluding carboxylic acids is 1. The average molecular weight is 396 g/mol. The van der Waals surface area contributed by atoms with Crippen LogP contribution in [0.15, 0.2) is 0 Å². The molecule has 2 heteroatoms. The molecule has 0 rings (SSSR count). The molecule has 0 radical (unpaired) electrons. The van der Waals surface area contributed by atoms with Crippen molar-refractivity contribution in [3.05, 3.63) is 0 Å². The molecule has 0 bridgehead atoms. The molecule has 0 aromatic heterocycles. The summed E-state index contributed by atoms with van der Waals surface area (Å²) in [7, 11) is 0. The lowest BCUT2D eigenvalue weighted by atomic mass is 9.99. The third kappa shape index (κ3) is 20.2. The molecule has 0 aliphatic heterocycles. The van der Waals surface area contributed by atoms with Crippen molar-refractivity contribution < 1.29 is 4.79 Å². The number of amides is 1. The Morgan fingerprint density at radius 3 is 1.64 bits per heavy atom. The van der Waals surface area contributed by atoms with Crippen molar-refractivity contribution in [3.63, 3.8) is 0 Å². The predicted octanol–water partition coefficient (Wildman–Crippen LogP) is 8.44. The molecule has 0 aromatic carbocycles. The summed E-state index contributed by atoms with van der Waals surface area (Å²) in [4.78, 5) is 12.0. The highest BCUT2D eigenvalue weighted by atomic mass is 16.1. The molecule has 0 spiro atoms. The maximum atomic E-state index is 12.0. The molecular weight excluding hydrogens is 342 g/mol. The molecule has 0 aromatic rings. The van der Waals surface area contributed by atoms with E-state index in [0.29, 0.717) is 5.92 Å². The first-order chi connectivity index (χ1) is 13.6. The Hall–Kier alpha value is -0.530. The Balaban J connectivity index is 3.29. The normalized spacial score (nSPS) is 12.5. The average Bonchev–Trinajstić information content (AvgIpc) is 2.68. The van der Waals surface area contributed by atoms with Crippen LogP contribution < -0.4 is 5.32 Å². The summed E-state index contributed by atoms with van der Waals surface area (Å²) in [5, 5.41) is 3.15. The molecule has 0 aliphatic carbocycles. The largest absolute Gasteiger partial charge is 0.356 e. The Kier molecular flexibility index (Phi) is 20.8. The lowest BCUT2D eigenvalue weighted by molar-refractivity contribution is -0.121. The van der Waals surface area contributed by atoms with E-state index >= 15 is 0 Å². The van der Waals surface area contributed by atoms with Gasteiger partial charge in [-0.05, 0) is 24.7 Å². The molecule has 0 saturated carbocycles. The van der Waals surface area contributed by atoms with Crippen molar-refractivity contribution in [3.8, 4) is 0 Å². The predicted molar refractivity (Wildman–Crippen MR) is 126 cm³/mol. The third-order valence-electron chi connectivity index (χ3n) is 6.07. The van der Waals surface area contributed by atoms with Gasteiger partial charge in [0.25, 0.3) is 0 Å². The minimum atomic E-state index is 0.267. The van der Waals surface area contributed by atoms with E-state index in [0.717, 1.165) is 25.3 Å². The van der Waals surface area contributed by atoms with E-state index in [4.69, 9.17) is 0 Å². The minimum absolute atomic E-state index is 0.267. The summed E-state index contributed by atoms with van der Waals surface area (Å²) in [5.74, 6) is 1.81. The fourth-order valence-corrected chi connectivity index (χ4v) is 3.90. The van der Waals surface area contributed by atoms with E-state index in [1.54, 1.807) is 0 Å². The van der Waals surface area contributed by atoms with Gasteiger partial charge < -0.3 is 5.32 Å². The van der Waals surface area contributed by atoms with Gasteiger partial charge in [-0.15, -0.1) is 0 Å². The Bertz CT molecular complexity index is 326. The highest BCUT2D eigenvalue weighted by Crippen LogP contribution is 2.15. The number of unbranched alkanes of at least 4 members (excludes halogenated alkanes) is 12. The summed E-state index contributed by atoms with van der Waals surface area (Å²) in [6.07, 6.45) is 23.4. The first kappa shape index (κ1) is 27.5. The van der Waals surface area contributed by atoms with E-state index < -0.39 is 0 Å². The van der Waals surface area contributed by atoms with Gasteiger partial charge in [0, 0.05) is 13.0 Å². The van der Waals surface area contributed by atoms with Gasteiger partial charge in [0.1, 0.15) is 0 Å². The van der Waals surface area contributed by atoms with Gasteiger partial charge in [0.15, 0.2) is 0 Å². The second kappa shape index (κ2) is 21.2. The second-order valence-corrected chi connectivity index (χ2v) is 9.40. The Morgan fingerprint density at radius 2 is 1.18 bits per heavy atom. The Labute approximate surface area is 178 Å². The van der Waals surface area contributed by atoms with Crippen LogP contribution in [0.3, 0.4) is 0 Å². The van der Waals surface area contributed by atoms with Crippen LogP contribution >= 0.6 is 0 Å². The number of hydrogen-bond donors (Lipinski definition) is 1. The van der Waals surface area contributed by atoms with Gasteiger partial charge in [-0.1, -0.05) is 124 Å². The van der Waals surface area contributed by atoms with Crippen LogP contribution in [0.2, 0.25) is 0 Å². The lowest BCUT2D eigenvalue weighted by Gasteiger charge is -2.15. The molecular formula is C26H53NO. The topological polar surface area (TPSA) is 29.1 Å². The summed E-state index contributed by atoms with van der Waals surface area (Å²) < 4.78 is 0.